The van der Waals surface area contributed by atoms with Gasteiger partial charge in [0.15, 0.2) is 0 Å². The second kappa shape index (κ2) is 4.70. The van der Waals surface area contributed by atoms with Gasteiger partial charge >= 0.3 is 0 Å². The smallest absolute Gasteiger partial charge is 0.104 e. The average Bonchev–Trinajstić information content (AvgIpc) is 2.82. The normalized spacial score (nSPS) is 25.1. The van der Waals surface area contributed by atoms with Crippen LogP contribution in [0.25, 0.3) is 0 Å². The molecule has 0 spiro atoms. The minimum atomic E-state index is 0.224. The Bertz CT molecular complexity index is 97.5. The van der Waals surface area contributed by atoms with Gasteiger partial charge < -0.3 is 14.6 Å². The van der Waals surface area contributed by atoms with Crippen LogP contribution < -0.4 is 0 Å². The summed E-state index contributed by atoms with van der Waals surface area (Å²) < 4.78 is 10.3. The van der Waals surface area contributed by atoms with E-state index in [1.807, 2.05) is 0 Å². The molecule has 0 radical (unpaired) electrons. The first-order chi connectivity index (χ1) is 5.36. The van der Waals surface area contributed by atoms with Crippen LogP contribution in [0.15, 0.2) is 0 Å². The molecule has 0 aromatic heterocycles. The summed E-state index contributed by atoms with van der Waals surface area (Å²) in [7, 11) is 0. The molecule has 0 aliphatic carbocycles. The third kappa shape index (κ3) is 3.70. The molecule has 11 heavy (non-hydrogen) atoms. The van der Waals surface area contributed by atoms with E-state index < -0.39 is 0 Å². The van der Waals surface area contributed by atoms with Gasteiger partial charge in [0, 0.05) is 12.5 Å². The Labute approximate surface area is 67.3 Å². The van der Waals surface area contributed by atoms with Crippen LogP contribution in [0.2, 0.25) is 0 Å². The van der Waals surface area contributed by atoms with E-state index in [0.717, 1.165) is 13.0 Å². The molecule has 1 saturated heterocycles. The van der Waals surface area contributed by atoms with E-state index in [1.54, 1.807) is 0 Å². The Hall–Kier alpha value is -0.120. The molecule has 1 rings (SSSR count). The summed E-state index contributed by atoms with van der Waals surface area (Å²) in [5, 5.41) is 8.80. The van der Waals surface area contributed by atoms with Crippen molar-refractivity contribution in [2.75, 3.05) is 26.4 Å². The van der Waals surface area contributed by atoms with Gasteiger partial charge in [0.05, 0.1) is 19.8 Å². The molecule has 1 fully saturated rings. The summed E-state index contributed by atoms with van der Waals surface area (Å²) in [5.41, 5.74) is 0. The molecular weight excluding hydrogens is 144 g/mol. The van der Waals surface area contributed by atoms with Crippen molar-refractivity contribution in [2.45, 2.75) is 19.4 Å². The van der Waals surface area contributed by atoms with Gasteiger partial charge in [-0.3, -0.25) is 0 Å². The summed E-state index contributed by atoms with van der Waals surface area (Å²) in [4.78, 5) is 0. The summed E-state index contributed by atoms with van der Waals surface area (Å²) in [6, 6.07) is 0. The molecule has 2 atom stereocenters. The molecule has 0 aromatic carbocycles. The fourth-order valence-corrected chi connectivity index (χ4v) is 0.830. The maximum Gasteiger partial charge on any atom is 0.104 e. The Morgan fingerprint density at radius 2 is 2.45 bits per heavy atom. The monoisotopic (exact) mass is 160 g/mol. The van der Waals surface area contributed by atoms with Gasteiger partial charge in [0.1, 0.15) is 6.10 Å². The van der Waals surface area contributed by atoms with Crippen molar-refractivity contribution in [1.29, 1.82) is 0 Å². The minimum absolute atomic E-state index is 0.224. The number of hydrogen-bond acceptors (Lipinski definition) is 3. The standard InChI is InChI=1S/C8H16O3/c1-2-7(3-9)4-10-5-8-6-11-8/h7-9H,2-6H2,1H3. The highest BCUT2D eigenvalue weighted by Gasteiger charge is 2.22. The zero-order chi connectivity index (χ0) is 8.10. The minimum Gasteiger partial charge on any atom is -0.396 e. The number of aliphatic hydroxyl groups excluding tert-OH is 1. The first-order valence-electron chi connectivity index (χ1n) is 4.17. The SMILES string of the molecule is CCC(CO)COCC1CO1. The Kier molecular flexibility index (Phi) is 3.83. The van der Waals surface area contributed by atoms with E-state index in [0.29, 0.717) is 25.2 Å². The van der Waals surface area contributed by atoms with Crippen LogP contribution in [0.4, 0.5) is 0 Å². The predicted molar refractivity (Wildman–Crippen MR) is 41.4 cm³/mol. The summed E-state index contributed by atoms with van der Waals surface area (Å²) in [6.45, 7) is 4.47. The second-order valence-corrected chi connectivity index (χ2v) is 2.95. The van der Waals surface area contributed by atoms with E-state index in [2.05, 4.69) is 6.92 Å². The van der Waals surface area contributed by atoms with Gasteiger partial charge in [-0.25, -0.2) is 0 Å². The zero-order valence-electron chi connectivity index (χ0n) is 6.95. The average molecular weight is 160 g/mol. The fraction of sp³-hybridized carbons (Fsp3) is 1.00. The van der Waals surface area contributed by atoms with Crippen molar-refractivity contribution >= 4 is 0 Å². The van der Waals surface area contributed by atoms with Gasteiger partial charge in [-0.2, -0.15) is 0 Å². The molecule has 1 aliphatic rings. The highest BCUT2D eigenvalue weighted by Crippen LogP contribution is 2.10. The molecule has 3 heteroatoms. The number of epoxide rings is 1. The fourth-order valence-electron chi connectivity index (χ4n) is 0.830. The summed E-state index contributed by atoms with van der Waals surface area (Å²) >= 11 is 0. The lowest BCUT2D eigenvalue weighted by atomic mass is 10.1. The lowest BCUT2D eigenvalue weighted by Crippen LogP contribution is -2.14. The lowest BCUT2D eigenvalue weighted by Gasteiger charge is -2.10. The van der Waals surface area contributed by atoms with Gasteiger partial charge in [-0.15, -0.1) is 0 Å². The third-order valence-electron chi connectivity index (χ3n) is 1.90. The van der Waals surface area contributed by atoms with Gasteiger partial charge in [-0.05, 0) is 6.42 Å². The molecular formula is C8H16O3. The quantitative estimate of drug-likeness (QED) is 0.572. The first-order valence-corrected chi connectivity index (χ1v) is 4.17. The highest BCUT2D eigenvalue weighted by atomic mass is 16.6. The maximum absolute atomic E-state index is 8.80. The van der Waals surface area contributed by atoms with Crippen LogP contribution >= 0.6 is 0 Å². The van der Waals surface area contributed by atoms with E-state index >= 15 is 0 Å². The second-order valence-electron chi connectivity index (χ2n) is 2.95. The largest absolute Gasteiger partial charge is 0.396 e. The van der Waals surface area contributed by atoms with Crippen LogP contribution in [0.1, 0.15) is 13.3 Å². The zero-order valence-corrected chi connectivity index (χ0v) is 6.95. The van der Waals surface area contributed by atoms with E-state index in [4.69, 9.17) is 14.6 Å². The van der Waals surface area contributed by atoms with E-state index in [-0.39, 0.29) is 6.61 Å². The van der Waals surface area contributed by atoms with E-state index in [9.17, 15) is 0 Å². The maximum atomic E-state index is 8.80. The molecule has 3 nitrogen and oxygen atoms in total. The van der Waals surface area contributed by atoms with Crippen LogP contribution in [0.5, 0.6) is 0 Å². The van der Waals surface area contributed by atoms with Crippen molar-refractivity contribution in [3.05, 3.63) is 0 Å². The van der Waals surface area contributed by atoms with E-state index in [1.165, 1.54) is 0 Å². The highest BCUT2D eigenvalue weighted by molar-refractivity contribution is 4.67. The lowest BCUT2D eigenvalue weighted by molar-refractivity contribution is 0.0621. The molecule has 1 N–H and O–H groups in total. The topological polar surface area (TPSA) is 42.0 Å². The first kappa shape index (κ1) is 8.97. The molecule has 0 amide bonds. The van der Waals surface area contributed by atoms with Crippen molar-refractivity contribution < 1.29 is 14.6 Å². The molecule has 2 unspecified atom stereocenters. The third-order valence-corrected chi connectivity index (χ3v) is 1.90. The number of rotatable bonds is 6. The predicted octanol–water partition coefficient (Wildman–Crippen LogP) is 0.420. The summed E-state index contributed by atoms with van der Waals surface area (Å²) in [6.07, 6.45) is 1.31. The molecule has 0 saturated carbocycles. The van der Waals surface area contributed by atoms with Crippen LogP contribution in [-0.2, 0) is 9.47 Å². The van der Waals surface area contributed by atoms with Crippen molar-refractivity contribution in [2.24, 2.45) is 5.92 Å². The van der Waals surface area contributed by atoms with Gasteiger partial charge in [0.25, 0.3) is 0 Å². The number of aliphatic hydroxyl groups is 1. The molecule has 0 aromatic rings. The van der Waals surface area contributed by atoms with Gasteiger partial charge in [-0.1, -0.05) is 6.92 Å². The van der Waals surface area contributed by atoms with Crippen LogP contribution in [0.3, 0.4) is 0 Å². The Balaban J connectivity index is 1.90. The molecule has 66 valence electrons. The van der Waals surface area contributed by atoms with Crippen LogP contribution in [-0.4, -0.2) is 37.6 Å². The Morgan fingerprint density at radius 1 is 1.73 bits per heavy atom. The molecule has 1 aliphatic heterocycles. The van der Waals surface area contributed by atoms with Crippen molar-refractivity contribution in [3.8, 4) is 0 Å². The molecule has 1 heterocycles. The van der Waals surface area contributed by atoms with Crippen molar-refractivity contribution in [1.82, 2.24) is 0 Å². The number of hydrogen-bond donors (Lipinski definition) is 1. The van der Waals surface area contributed by atoms with Gasteiger partial charge in [0.2, 0.25) is 0 Å². The van der Waals surface area contributed by atoms with Crippen LogP contribution in [0, 0.1) is 5.92 Å². The summed E-state index contributed by atoms with van der Waals surface area (Å²) in [5.74, 6) is 0.300. The molecule has 0 bridgehead atoms. The number of ether oxygens (including phenoxy) is 2. The van der Waals surface area contributed by atoms with Crippen molar-refractivity contribution in [3.63, 3.8) is 0 Å². The Morgan fingerprint density at radius 3 is 2.91 bits per heavy atom.